The van der Waals surface area contributed by atoms with E-state index in [1.54, 1.807) is 30.3 Å². The summed E-state index contributed by atoms with van der Waals surface area (Å²) in [5, 5.41) is 0.500. The standard InChI is InChI=1S/C24H16Cl2FNO2/c1-14(29)30-24-20(16-9-5-10-17(25)13-16)21(18-11-6-12-19(26)22(18)27)23(28-24)15-7-3-2-4-8-15/h2-13,28H,1H3. The molecule has 0 bridgehead atoms. The molecular weight excluding hydrogens is 424 g/mol. The van der Waals surface area contributed by atoms with Gasteiger partial charge in [0, 0.05) is 23.1 Å². The lowest BCUT2D eigenvalue weighted by Gasteiger charge is -2.11. The van der Waals surface area contributed by atoms with Crippen LogP contribution in [0.4, 0.5) is 4.39 Å². The van der Waals surface area contributed by atoms with Crippen LogP contribution >= 0.6 is 23.2 Å². The van der Waals surface area contributed by atoms with Gasteiger partial charge in [0.2, 0.25) is 5.88 Å². The summed E-state index contributed by atoms with van der Waals surface area (Å²) in [6.45, 7) is 1.31. The molecule has 0 fully saturated rings. The molecule has 1 aromatic heterocycles. The molecule has 0 saturated heterocycles. The Labute approximate surface area is 183 Å². The number of carbonyl (C=O) groups excluding carboxylic acids is 1. The maximum atomic E-state index is 15.2. The van der Waals surface area contributed by atoms with E-state index in [4.69, 9.17) is 27.9 Å². The average molecular weight is 440 g/mol. The van der Waals surface area contributed by atoms with Crippen LogP contribution in [0, 0.1) is 5.82 Å². The van der Waals surface area contributed by atoms with Gasteiger partial charge in [-0.1, -0.05) is 77.8 Å². The molecule has 0 saturated carbocycles. The van der Waals surface area contributed by atoms with Crippen molar-refractivity contribution < 1.29 is 13.9 Å². The van der Waals surface area contributed by atoms with Gasteiger partial charge in [-0.25, -0.2) is 4.39 Å². The van der Waals surface area contributed by atoms with Crippen LogP contribution in [-0.2, 0) is 4.79 Å². The van der Waals surface area contributed by atoms with Gasteiger partial charge in [0.05, 0.1) is 16.3 Å². The number of carbonyl (C=O) groups is 1. The summed E-state index contributed by atoms with van der Waals surface area (Å²) in [6.07, 6.45) is 0. The van der Waals surface area contributed by atoms with Crippen molar-refractivity contribution in [2.45, 2.75) is 6.92 Å². The van der Waals surface area contributed by atoms with Gasteiger partial charge in [-0.2, -0.15) is 0 Å². The zero-order chi connectivity index (χ0) is 21.3. The summed E-state index contributed by atoms with van der Waals surface area (Å²) in [6, 6.07) is 21.3. The average Bonchev–Trinajstić information content (AvgIpc) is 3.09. The fourth-order valence-corrected chi connectivity index (χ4v) is 3.77. The Balaban J connectivity index is 2.12. The summed E-state index contributed by atoms with van der Waals surface area (Å²) in [5.74, 6) is -0.858. The summed E-state index contributed by atoms with van der Waals surface area (Å²) in [5.41, 5.74) is 3.40. The number of esters is 1. The van der Waals surface area contributed by atoms with E-state index in [1.165, 1.54) is 13.0 Å². The number of hydrogen-bond donors (Lipinski definition) is 1. The summed E-state index contributed by atoms with van der Waals surface area (Å²) in [7, 11) is 0. The molecule has 3 nitrogen and oxygen atoms in total. The van der Waals surface area contributed by atoms with Crippen molar-refractivity contribution in [3.63, 3.8) is 0 Å². The van der Waals surface area contributed by atoms with Crippen molar-refractivity contribution in [2.75, 3.05) is 0 Å². The Morgan fingerprint density at radius 3 is 2.30 bits per heavy atom. The number of hydrogen-bond acceptors (Lipinski definition) is 2. The zero-order valence-electron chi connectivity index (χ0n) is 15.9. The van der Waals surface area contributed by atoms with Gasteiger partial charge in [-0.3, -0.25) is 4.79 Å². The summed E-state index contributed by atoms with van der Waals surface area (Å²) in [4.78, 5) is 15.0. The van der Waals surface area contributed by atoms with Crippen LogP contribution in [0.5, 0.6) is 5.88 Å². The largest absolute Gasteiger partial charge is 0.409 e. The molecule has 0 atom stereocenters. The van der Waals surface area contributed by atoms with E-state index in [9.17, 15) is 4.79 Å². The summed E-state index contributed by atoms with van der Waals surface area (Å²) >= 11 is 12.3. The molecule has 0 aliphatic heterocycles. The SMILES string of the molecule is CC(=O)Oc1[nH]c(-c2ccccc2)c(-c2cccc(Cl)c2F)c1-c1cccc(Cl)c1. The van der Waals surface area contributed by atoms with E-state index in [1.807, 2.05) is 36.4 Å². The van der Waals surface area contributed by atoms with Crippen LogP contribution in [0.3, 0.4) is 0 Å². The maximum absolute atomic E-state index is 15.2. The van der Waals surface area contributed by atoms with Gasteiger partial charge in [0.1, 0.15) is 5.82 Å². The lowest BCUT2D eigenvalue weighted by atomic mass is 9.93. The Morgan fingerprint density at radius 2 is 1.60 bits per heavy atom. The molecule has 0 unspecified atom stereocenters. The predicted molar refractivity (Wildman–Crippen MR) is 118 cm³/mol. The summed E-state index contributed by atoms with van der Waals surface area (Å²) < 4.78 is 20.6. The first-order valence-corrected chi connectivity index (χ1v) is 9.91. The van der Waals surface area contributed by atoms with E-state index in [-0.39, 0.29) is 16.5 Å². The van der Waals surface area contributed by atoms with Gasteiger partial charge in [0.25, 0.3) is 0 Å². The van der Waals surface area contributed by atoms with Crippen LogP contribution in [-0.4, -0.2) is 11.0 Å². The molecule has 0 radical (unpaired) electrons. The molecule has 0 aliphatic rings. The van der Waals surface area contributed by atoms with Crippen molar-refractivity contribution in [1.82, 2.24) is 4.98 Å². The molecule has 150 valence electrons. The van der Waals surface area contributed by atoms with Crippen LogP contribution in [0.15, 0.2) is 72.8 Å². The number of H-pyrrole nitrogens is 1. The highest BCUT2D eigenvalue weighted by Crippen LogP contribution is 2.47. The molecule has 1 N–H and O–H groups in total. The van der Waals surface area contributed by atoms with Crippen LogP contribution in [0.25, 0.3) is 33.5 Å². The fourth-order valence-electron chi connectivity index (χ4n) is 3.40. The third-order valence-electron chi connectivity index (χ3n) is 4.61. The molecule has 30 heavy (non-hydrogen) atoms. The van der Waals surface area contributed by atoms with Gasteiger partial charge in [0.15, 0.2) is 0 Å². The number of rotatable bonds is 4. The Kier molecular flexibility index (Phi) is 5.62. The van der Waals surface area contributed by atoms with E-state index in [2.05, 4.69) is 4.98 Å². The number of ether oxygens (including phenoxy) is 1. The number of halogens is 3. The minimum atomic E-state index is -0.562. The third-order valence-corrected chi connectivity index (χ3v) is 5.14. The normalized spacial score (nSPS) is 10.8. The van der Waals surface area contributed by atoms with Crippen LogP contribution < -0.4 is 4.74 Å². The van der Waals surface area contributed by atoms with Crippen molar-refractivity contribution in [3.8, 4) is 39.4 Å². The lowest BCUT2D eigenvalue weighted by Crippen LogP contribution is -2.02. The van der Waals surface area contributed by atoms with Crippen LogP contribution in [0.1, 0.15) is 6.92 Å². The second-order valence-electron chi connectivity index (χ2n) is 6.65. The highest BCUT2D eigenvalue weighted by molar-refractivity contribution is 6.31. The number of nitrogens with one attached hydrogen (secondary N) is 1. The lowest BCUT2D eigenvalue weighted by molar-refractivity contribution is -0.132. The highest BCUT2D eigenvalue weighted by atomic mass is 35.5. The molecule has 3 aromatic carbocycles. The topological polar surface area (TPSA) is 42.1 Å². The maximum Gasteiger partial charge on any atom is 0.309 e. The van der Waals surface area contributed by atoms with Crippen LogP contribution in [0.2, 0.25) is 10.0 Å². The van der Waals surface area contributed by atoms with Gasteiger partial charge < -0.3 is 9.72 Å². The number of aromatic amines is 1. The molecular formula is C24H16Cl2FNO2. The van der Waals surface area contributed by atoms with Gasteiger partial charge in [-0.05, 0) is 29.3 Å². The van der Waals surface area contributed by atoms with Crippen molar-refractivity contribution in [2.24, 2.45) is 0 Å². The smallest absolute Gasteiger partial charge is 0.309 e. The first kappa shape index (κ1) is 20.2. The second kappa shape index (κ2) is 8.34. The number of benzene rings is 3. The van der Waals surface area contributed by atoms with E-state index in [0.29, 0.717) is 27.4 Å². The van der Waals surface area contributed by atoms with E-state index in [0.717, 1.165) is 5.56 Å². The molecule has 0 spiro atoms. The highest BCUT2D eigenvalue weighted by Gasteiger charge is 2.26. The molecule has 1 heterocycles. The predicted octanol–water partition coefficient (Wildman–Crippen LogP) is 7.39. The van der Waals surface area contributed by atoms with Crippen molar-refractivity contribution >= 4 is 29.2 Å². The van der Waals surface area contributed by atoms with Gasteiger partial charge >= 0.3 is 5.97 Å². The molecule has 0 amide bonds. The first-order valence-electron chi connectivity index (χ1n) is 9.16. The van der Waals surface area contributed by atoms with E-state index >= 15 is 4.39 Å². The van der Waals surface area contributed by atoms with E-state index < -0.39 is 11.8 Å². The molecule has 0 aliphatic carbocycles. The molecule has 4 rings (SSSR count). The second-order valence-corrected chi connectivity index (χ2v) is 7.49. The quantitative estimate of drug-likeness (QED) is 0.336. The minimum Gasteiger partial charge on any atom is -0.409 e. The zero-order valence-corrected chi connectivity index (χ0v) is 17.4. The Bertz CT molecular complexity index is 1240. The first-order chi connectivity index (χ1) is 14.5. The Hall–Kier alpha value is -3.08. The minimum absolute atomic E-state index is 0.00112. The van der Waals surface area contributed by atoms with Crippen molar-refractivity contribution in [1.29, 1.82) is 0 Å². The Morgan fingerprint density at radius 1 is 0.900 bits per heavy atom. The van der Waals surface area contributed by atoms with Crippen molar-refractivity contribution in [3.05, 3.63) is 88.7 Å². The third kappa shape index (κ3) is 3.84. The molecule has 6 heteroatoms. The molecule has 4 aromatic rings. The fraction of sp³-hybridized carbons (Fsp3) is 0.0417. The van der Waals surface area contributed by atoms with Gasteiger partial charge in [-0.15, -0.1) is 0 Å². The number of aromatic nitrogens is 1. The monoisotopic (exact) mass is 439 g/mol.